The first kappa shape index (κ1) is 22.7. The van der Waals surface area contributed by atoms with E-state index in [2.05, 4.69) is 25.3 Å². The normalized spacial score (nSPS) is 15.3. The summed E-state index contributed by atoms with van der Waals surface area (Å²) in [7, 11) is -3.89. The molecular weight excluding hydrogens is 462 g/mol. The highest BCUT2D eigenvalue weighted by Gasteiger charge is 2.28. The van der Waals surface area contributed by atoms with Crippen LogP contribution in [0.3, 0.4) is 0 Å². The third-order valence-corrected chi connectivity index (χ3v) is 7.35. The van der Waals surface area contributed by atoms with E-state index in [-0.39, 0.29) is 29.1 Å². The summed E-state index contributed by atoms with van der Waals surface area (Å²) in [5.74, 6) is -0.580. The Bertz CT molecular complexity index is 1310. The Kier molecular flexibility index (Phi) is 6.34. The van der Waals surface area contributed by atoms with Gasteiger partial charge in [-0.1, -0.05) is 12.1 Å². The lowest BCUT2D eigenvalue weighted by Crippen LogP contribution is -2.32. The molecule has 3 N–H and O–H groups in total. The minimum atomic E-state index is -3.89. The van der Waals surface area contributed by atoms with Gasteiger partial charge in [-0.2, -0.15) is 0 Å². The average Bonchev–Trinajstić information content (AvgIpc) is 2.73. The summed E-state index contributed by atoms with van der Waals surface area (Å²) in [6, 6.07) is 14.9. The van der Waals surface area contributed by atoms with Crippen LogP contribution in [0.5, 0.6) is 0 Å². The number of para-hydroxylation sites is 1. The molecule has 0 saturated carbocycles. The topological polar surface area (TPSA) is 130 Å². The number of carbonyl (C=O) groups excluding carboxylic acids is 2. The summed E-state index contributed by atoms with van der Waals surface area (Å²) in [6.07, 6.45) is -0.0174. The number of benzene rings is 2. The highest BCUT2D eigenvalue weighted by molar-refractivity contribution is 8.01. The largest absolute Gasteiger partial charge is 0.326 e. The Morgan fingerprint density at radius 2 is 1.73 bits per heavy atom. The van der Waals surface area contributed by atoms with Crippen molar-refractivity contribution in [2.24, 2.45) is 0 Å². The fraction of sp³-hybridized carbons (Fsp3) is 0.182. The summed E-state index contributed by atoms with van der Waals surface area (Å²) in [4.78, 5) is 33.8. The van der Waals surface area contributed by atoms with Gasteiger partial charge >= 0.3 is 0 Å². The first-order valence-electron chi connectivity index (χ1n) is 10.0. The number of fused-ring (bicyclic) bond motifs is 1. The van der Waals surface area contributed by atoms with Gasteiger partial charge in [0.05, 0.1) is 15.8 Å². The van der Waals surface area contributed by atoms with E-state index in [1.165, 1.54) is 36.0 Å². The molecule has 3 aromatic rings. The Morgan fingerprint density at radius 1 is 1.06 bits per heavy atom. The van der Waals surface area contributed by atoms with Crippen molar-refractivity contribution in [1.82, 2.24) is 9.97 Å². The molecule has 11 heteroatoms. The van der Waals surface area contributed by atoms with Crippen molar-refractivity contribution in [2.75, 3.05) is 15.4 Å². The minimum Gasteiger partial charge on any atom is -0.326 e. The van der Waals surface area contributed by atoms with Crippen molar-refractivity contribution < 1.29 is 18.0 Å². The lowest BCUT2D eigenvalue weighted by Gasteiger charge is -2.23. The molecule has 0 bridgehead atoms. The number of thioether (sulfide) groups is 1. The van der Waals surface area contributed by atoms with Crippen LogP contribution in [0, 0.1) is 13.8 Å². The fourth-order valence-electron chi connectivity index (χ4n) is 3.28. The number of carbonyl (C=O) groups is 2. The number of nitrogens with one attached hydrogen (secondary N) is 3. The average molecular weight is 484 g/mol. The Hall–Kier alpha value is -3.44. The lowest BCUT2D eigenvalue weighted by molar-refractivity contribution is -0.120. The van der Waals surface area contributed by atoms with Crippen LogP contribution in [-0.4, -0.2) is 35.5 Å². The zero-order valence-electron chi connectivity index (χ0n) is 17.8. The van der Waals surface area contributed by atoms with Crippen LogP contribution in [0.1, 0.15) is 17.8 Å². The number of hydrogen-bond acceptors (Lipinski definition) is 7. The second-order valence-electron chi connectivity index (χ2n) is 7.45. The molecule has 1 atom stereocenters. The standard InChI is InChI=1S/C22H21N5O4S2/c1-13-11-14(2)24-22(23-13)27-33(30,31)16-9-7-15(8-10-16)25-20(28)12-19-21(29)26-17-5-3-4-6-18(17)32-19/h3-11,19H,12H2,1-2H3,(H,25,28)(H,26,29)(H,23,24,27). The van der Waals surface area contributed by atoms with Crippen LogP contribution in [0.2, 0.25) is 0 Å². The molecule has 170 valence electrons. The maximum absolute atomic E-state index is 12.6. The van der Waals surface area contributed by atoms with Crippen molar-refractivity contribution >= 4 is 50.9 Å². The smallest absolute Gasteiger partial charge is 0.264 e. The van der Waals surface area contributed by atoms with Gasteiger partial charge in [-0.15, -0.1) is 11.8 Å². The van der Waals surface area contributed by atoms with E-state index in [1.807, 2.05) is 24.3 Å². The predicted octanol–water partition coefficient (Wildman–Crippen LogP) is 3.34. The van der Waals surface area contributed by atoms with E-state index in [1.54, 1.807) is 19.9 Å². The van der Waals surface area contributed by atoms with Gasteiger partial charge in [0.2, 0.25) is 17.8 Å². The SMILES string of the molecule is Cc1cc(C)nc(NS(=O)(=O)c2ccc(NC(=O)CC3Sc4ccccc4NC3=O)cc2)n1. The van der Waals surface area contributed by atoms with Crippen molar-refractivity contribution in [3.63, 3.8) is 0 Å². The van der Waals surface area contributed by atoms with Crippen molar-refractivity contribution in [3.05, 3.63) is 66.0 Å². The number of anilines is 3. The first-order valence-corrected chi connectivity index (χ1v) is 12.4. The molecule has 2 aromatic carbocycles. The first-order chi connectivity index (χ1) is 15.7. The molecule has 0 saturated heterocycles. The third-order valence-electron chi connectivity index (χ3n) is 4.73. The molecule has 0 spiro atoms. The van der Waals surface area contributed by atoms with Crippen LogP contribution in [-0.2, 0) is 19.6 Å². The fourth-order valence-corrected chi connectivity index (χ4v) is 5.33. The summed E-state index contributed by atoms with van der Waals surface area (Å²) in [5, 5.41) is 4.96. The number of amides is 2. The maximum atomic E-state index is 12.6. The van der Waals surface area contributed by atoms with Crippen molar-refractivity contribution in [3.8, 4) is 0 Å². The number of sulfonamides is 1. The molecule has 1 aliphatic rings. The summed E-state index contributed by atoms with van der Waals surface area (Å²) >= 11 is 1.34. The quantitative estimate of drug-likeness (QED) is 0.490. The molecule has 0 radical (unpaired) electrons. The highest BCUT2D eigenvalue weighted by atomic mass is 32.2. The van der Waals surface area contributed by atoms with E-state index in [0.29, 0.717) is 17.1 Å². The van der Waals surface area contributed by atoms with Crippen LogP contribution in [0.25, 0.3) is 0 Å². The van der Waals surface area contributed by atoms with E-state index >= 15 is 0 Å². The number of aryl methyl sites for hydroxylation is 2. The Morgan fingerprint density at radius 3 is 2.42 bits per heavy atom. The van der Waals surface area contributed by atoms with E-state index in [4.69, 9.17) is 0 Å². The molecule has 1 aromatic heterocycles. The second-order valence-corrected chi connectivity index (χ2v) is 10.4. The van der Waals surface area contributed by atoms with Gasteiger partial charge in [0, 0.05) is 28.4 Å². The molecule has 2 amide bonds. The van der Waals surface area contributed by atoms with Gasteiger partial charge in [0.25, 0.3) is 10.0 Å². The van der Waals surface area contributed by atoms with E-state index < -0.39 is 15.3 Å². The molecule has 2 heterocycles. The minimum absolute atomic E-state index is 0.00193. The van der Waals surface area contributed by atoms with Gasteiger partial charge in [-0.05, 0) is 56.3 Å². The predicted molar refractivity (Wildman–Crippen MR) is 127 cm³/mol. The zero-order valence-corrected chi connectivity index (χ0v) is 19.5. The molecule has 9 nitrogen and oxygen atoms in total. The highest BCUT2D eigenvalue weighted by Crippen LogP contribution is 2.36. The van der Waals surface area contributed by atoms with E-state index in [9.17, 15) is 18.0 Å². The summed E-state index contributed by atoms with van der Waals surface area (Å²) < 4.78 is 27.6. The molecule has 33 heavy (non-hydrogen) atoms. The number of hydrogen-bond donors (Lipinski definition) is 3. The van der Waals surface area contributed by atoms with Crippen molar-refractivity contribution in [2.45, 2.75) is 35.3 Å². The monoisotopic (exact) mass is 483 g/mol. The molecule has 0 aliphatic carbocycles. The van der Waals surface area contributed by atoms with Gasteiger partial charge in [-0.25, -0.2) is 23.1 Å². The number of nitrogens with zero attached hydrogens (tertiary/aromatic N) is 2. The van der Waals surface area contributed by atoms with Gasteiger partial charge in [0.1, 0.15) is 0 Å². The maximum Gasteiger partial charge on any atom is 0.264 e. The molecular formula is C22H21N5O4S2. The van der Waals surface area contributed by atoms with E-state index in [0.717, 1.165) is 10.6 Å². The molecule has 1 aliphatic heterocycles. The summed E-state index contributed by atoms with van der Waals surface area (Å²) in [6.45, 7) is 3.50. The Labute approximate surface area is 195 Å². The molecule has 0 fully saturated rings. The second kappa shape index (κ2) is 9.20. The van der Waals surface area contributed by atoms with Gasteiger partial charge in [-0.3, -0.25) is 9.59 Å². The van der Waals surface area contributed by atoms with Crippen LogP contribution in [0.4, 0.5) is 17.3 Å². The third kappa shape index (κ3) is 5.49. The lowest BCUT2D eigenvalue weighted by atomic mass is 10.2. The molecule has 4 rings (SSSR count). The van der Waals surface area contributed by atoms with Crippen molar-refractivity contribution in [1.29, 1.82) is 0 Å². The summed E-state index contributed by atoms with van der Waals surface area (Å²) in [5.41, 5.74) is 2.45. The van der Waals surface area contributed by atoms with Crippen LogP contribution >= 0.6 is 11.8 Å². The van der Waals surface area contributed by atoms with Gasteiger partial charge < -0.3 is 10.6 Å². The number of aromatic nitrogens is 2. The Balaban J connectivity index is 1.39. The van der Waals surface area contributed by atoms with Crippen LogP contribution in [0.15, 0.2) is 64.4 Å². The zero-order chi connectivity index (χ0) is 23.6. The van der Waals surface area contributed by atoms with Crippen LogP contribution < -0.4 is 15.4 Å². The van der Waals surface area contributed by atoms with Gasteiger partial charge in [0.15, 0.2) is 0 Å². The molecule has 1 unspecified atom stereocenters. The number of rotatable bonds is 6.